The number of amides is 2. The van der Waals surface area contributed by atoms with Gasteiger partial charge in [0.1, 0.15) is 18.0 Å². The summed E-state index contributed by atoms with van der Waals surface area (Å²) >= 11 is 5.79. The van der Waals surface area contributed by atoms with E-state index < -0.39 is 23.7 Å². The van der Waals surface area contributed by atoms with Gasteiger partial charge in [0.05, 0.1) is 11.1 Å². The van der Waals surface area contributed by atoms with Crippen LogP contribution in [0.4, 0.5) is 19.3 Å². The lowest BCUT2D eigenvalue weighted by molar-refractivity contribution is 0.208. The maximum atomic E-state index is 14.1. The molecule has 0 aliphatic rings. The minimum absolute atomic E-state index is 0.0664. The average molecular weight is 487 g/mol. The van der Waals surface area contributed by atoms with Crippen molar-refractivity contribution in [2.24, 2.45) is 7.05 Å². The molecule has 0 saturated carbocycles. The molecule has 8 nitrogen and oxygen atoms in total. The summed E-state index contributed by atoms with van der Waals surface area (Å²) in [4.78, 5) is 22.7. The van der Waals surface area contributed by atoms with E-state index in [0.717, 1.165) is 0 Å². The van der Waals surface area contributed by atoms with Gasteiger partial charge in [-0.05, 0) is 42.6 Å². The van der Waals surface area contributed by atoms with Gasteiger partial charge in [0.2, 0.25) is 5.88 Å². The minimum Gasteiger partial charge on any atom is -0.469 e. The van der Waals surface area contributed by atoms with Gasteiger partial charge in [-0.15, -0.1) is 0 Å². The van der Waals surface area contributed by atoms with Gasteiger partial charge in [-0.3, -0.25) is 4.68 Å². The summed E-state index contributed by atoms with van der Waals surface area (Å²) in [6.45, 7) is 1.88. The molecule has 176 valence electrons. The number of carbonyl (C=O) groups is 1. The number of urea groups is 1. The van der Waals surface area contributed by atoms with Crippen LogP contribution in [0.3, 0.4) is 0 Å². The maximum absolute atomic E-state index is 14.1. The average Bonchev–Trinajstić information content (AvgIpc) is 3.23. The number of fused-ring (bicyclic) bond motifs is 1. The van der Waals surface area contributed by atoms with E-state index >= 15 is 0 Å². The lowest BCUT2D eigenvalue weighted by atomic mass is 10.0. The van der Waals surface area contributed by atoms with Crippen molar-refractivity contribution in [3.05, 3.63) is 77.0 Å². The third kappa shape index (κ3) is 4.91. The molecular formula is C23H21ClF2N6O2. The molecule has 4 aromatic rings. The molecule has 0 saturated heterocycles. The highest BCUT2D eigenvalue weighted by Crippen LogP contribution is 2.33. The predicted molar refractivity (Wildman–Crippen MR) is 124 cm³/mol. The van der Waals surface area contributed by atoms with E-state index in [4.69, 9.17) is 16.3 Å². The van der Waals surface area contributed by atoms with Crippen molar-refractivity contribution in [1.82, 2.24) is 24.6 Å². The number of pyridine rings is 1. The smallest absolute Gasteiger partial charge is 0.322 e. The molecule has 1 N–H and O–H groups in total. The highest BCUT2D eigenvalue weighted by Gasteiger charge is 2.22. The number of aromatic nitrogens is 4. The molecule has 1 unspecified atom stereocenters. The van der Waals surface area contributed by atoms with Crippen LogP contribution in [0.25, 0.3) is 10.8 Å². The molecule has 0 spiro atoms. The maximum Gasteiger partial charge on any atom is 0.322 e. The number of anilines is 1. The fourth-order valence-electron chi connectivity index (χ4n) is 3.41. The number of benzene rings is 2. The Morgan fingerprint density at radius 3 is 2.71 bits per heavy atom. The first-order chi connectivity index (χ1) is 16.2. The number of rotatable bonds is 6. The summed E-state index contributed by atoms with van der Waals surface area (Å²) in [6, 6.07) is 7.33. The fourth-order valence-corrected chi connectivity index (χ4v) is 3.59. The zero-order valence-corrected chi connectivity index (χ0v) is 19.3. The summed E-state index contributed by atoms with van der Waals surface area (Å²) in [7, 11) is 3.35. The first kappa shape index (κ1) is 23.4. The van der Waals surface area contributed by atoms with E-state index in [9.17, 15) is 13.6 Å². The Morgan fingerprint density at radius 2 is 2.00 bits per heavy atom. The van der Waals surface area contributed by atoms with E-state index in [2.05, 4.69) is 20.4 Å². The Bertz CT molecular complexity index is 1360. The van der Waals surface area contributed by atoms with Gasteiger partial charge in [0.15, 0.2) is 12.4 Å². The number of halogens is 3. The molecule has 11 heteroatoms. The second-order valence-electron chi connectivity index (χ2n) is 7.68. The van der Waals surface area contributed by atoms with Crippen molar-refractivity contribution in [3.63, 3.8) is 0 Å². The Labute approximate surface area is 199 Å². The molecule has 2 amide bonds. The van der Waals surface area contributed by atoms with Crippen LogP contribution in [0, 0.1) is 11.6 Å². The predicted octanol–water partition coefficient (Wildman–Crippen LogP) is 5.10. The molecule has 0 aliphatic carbocycles. The van der Waals surface area contributed by atoms with E-state index in [1.807, 2.05) is 6.92 Å². The van der Waals surface area contributed by atoms with Crippen molar-refractivity contribution in [2.45, 2.75) is 19.6 Å². The highest BCUT2D eigenvalue weighted by atomic mass is 35.5. The van der Waals surface area contributed by atoms with Crippen LogP contribution in [-0.4, -0.2) is 37.7 Å². The third-order valence-corrected chi connectivity index (χ3v) is 5.64. The van der Waals surface area contributed by atoms with Crippen LogP contribution < -0.4 is 10.1 Å². The van der Waals surface area contributed by atoms with E-state index in [0.29, 0.717) is 27.8 Å². The molecule has 0 fully saturated rings. The SMILES string of the molecule is CC(c1cnc(OCc2ncn(C)n2)c2cc(F)ccc12)N(C)C(=O)Nc1ccc(F)c(Cl)c1. The molecule has 34 heavy (non-hydrogen) atoms. The second kappa shape index (κ2) is 9.60. The minimum atomic E-state index is -0.577. The van der Waals surface area contributed by atoms with Crippen LogP contribution in [0.15, 0.2) is 48.9 Å². The number of ether oxygens (including phenoxy) is 1. The first-order valence-corrected chi connectivity index (χ1v) is 10.6. The Balaban J connectivity index is 1.58. The first-order valence-electron chi connectivity index (χ1n) is 10.3. The quantitative estimate of drug-likeness (QED) is 0.410. The second-order valence-corrected chi connectivity index (χ2v) is 8.08. The van der Waals surface area contributed by atoms with Gasteiger partial charge in [-0.2, -0.15) is 5.10 Å². The van der Waals surface area contributed by atoms with E-state index in [1.165, 1.54) is 35.2 Å². The molecule has 4 rings (SSSR count). The van der Waals surface area contributed by atoms with Gasteiger partial charge in [0.25, 0.3) is 0 Å². The van der Waals surface area contributed by atoms with Gasteiger partial charge < -0.3 is 15.0 Å². The standard InChI is InChI=1S/C23H21ClF2N6O2/c1-13(32(3)23(33)29-15-5-7-20(26)19(24)9-15)18-10-27-22(17-8-14(25)4-6-16(17)18)34-11-21-28-12-31(2)30-21/h4-10,12-13H,11H2,1-3H3,(H,29,33). The fraction of sp³-hybridized carbons (Fsp3) is 0.217. The van der Waals surface area contributed by atoms with Crippen molar-refractivity contribution in [1.29, 1.82) is 0 Å². The summed E-state index contributed by atoms with van der Waals surface area (Å²) in [5.41, 5.74) is 1.04. The number of aryl methyl sites for hydroxylation is 1. The zero-order chi connectivity index (χ0) is 24.4. The summed E-state index contributed by atoms with van der Waals surface area (Å²) < 4.78 is 34.8. The monoisotopic (exact) mass is 486 g/mol. The van der Waals surface area contributed by atoms with E-state index in [-0.39, 0.29) is 17.5 Å². The van der Waals surface area contributed by atoms with Crippen LogP contribution in [0.2, 0.25) is 5.02 Å². The normalized spacial score (nSPS) is 11.9. The van der Waals surface area contributed by atoms with Crippen LogP contribution >= 0.6 is 11.6 Å². The van der Waals surface area contributed by atoms with Crippen molar-refractivity contribution < 1.29 is 18.3 Å². The van der Waals surface area contributed by atoms with Crippen molar-refractivity contribution in [3.8, 4) is 5.88 Å². The van der Waals surface area contributed by atoms with Gasteiger partial charge in [0, 0.05) is 36.9 Å². The molecule has 2 heterocycles. The highest BCUT2D eigenvalue weighted by molar-refractivity contribution is 6.31. The molecule has 1 atom stereocenters. The van der Waals surface area contributed by atoms with Gasteiger partial charge in [-0.25, -0.2) is 23.5 Å². The summed E-state index contributed by atoms with van der Waals surface area (Å²) in [6.07, 6.45) is 3.14. The molecular weight excluding hydrogens is 466 g/mol. The lowest BCUT2D eigenvalue weighted by Gasteiger charge is -2.26. The number of hydrogen-bond donors (Lipinski definition) is 1. The van der Waals surface area contributed by atoms with E-state index in [1.54, 1.807) is 37.4 Å². The summed E-state index contributed by atoms with van der Waals surface area (Å²) in [5, 5.41) is 7.88. The van der Waals surface area contributed by atoms with Crippen LogP contribution in [-0.2, 0) is 13.7 Å². The largest absolute Gasteiger partial charge is 0.469 e. The van der Waals surface area contributed by atoms with Crippen LogP contribution in [0.1, 0.15) is 24.4 Å². The molecule has 2 aromatic carbocycles. The number of carbonyl (C=O) groups excluding carboxylic acids is 1. The Hall–Kier alpha value is -3.79. The number of hydrogen-bond acceptors (Lipinski definition) is 5. The molecule has 2 aromatic heterocycles. The molecule has 0 aliphatic heterocycles. The number of nitrogens with one attached hydrogen (secondary N) is 1. The summed E-state index contributed by atoms with van der Waals surface area (Å²) in [5.74, 6) is -0.332. The topological polar surface area (TPSA) is 85.2 Å². The van der Waals surface area contributed by atoms with Crippen molar-refractivity contribution in [2.75, 3.05) is 12.4 Å². The Kier molecular flexibility index (Phi) is 6.60. The van der Waals surface area contributed by atoms with Crippen LogP contribution in [0.5, 0.6) is 5.88 Å². The van der Waals surface area contributed by atoms with Gasteiger partial charge in [-0.1, -0.05) is 17.7 Å². The van der Waals surface area contributed by atoms with Gasteiger partial charge >= 0.3 is 6.03 Å². The third-order valence-electron chi connectivity index (χ3n) is 5.35. The van der Waals surface area contributed by atoms with Crippen molar-refractivity contribution >= 4 is 34.1 Å². The Morgan fingerprint density at radius 1 is 1.21 bits per heavy atom. The number of nitrogens with zero attached hydrogens (tertiary/aromatic N) is 5. The molecule has 0 radical (unpaired) electrons. The molecule has 0 bridgehead atoms. The zero-order valence-electron chi connectivity index (χ0n) is 18.6. The lowest BCUT2D eigenvalue weighted by Crippen LogP contribution is -2.33.